The van der Waals surface area contributed by atoms with Crippen LogP contribution in [0.15, 0.2) is 72.8 Å². The van der Waals surface area contributed by atoms with E-state index in [0.29, 0.717) is 25.0 Å². The molecule has 1 N–H and O–H groups in total. The topological polar surface area (TPSA) is 85.1 Å². The number of hydrogen-bond donors (Lipinski definition) is 1. The Balaban J connectivity index is 0.966. The average molecular weight is 564 g/mol. The molecule has 0 amide bonds. The monoisotopic (exact) mass is 563 g/mol. The van der Waals surface area contributed by atoms with Gasteiger partial charge >= 0.3 is 6.16 Å². The molecule has 7 nitrogen and oxygen atoms in total. The van der Waals surface area contributed by atoms with Crippen LogP contribution in [0.5, 0.6) is 11.5 Å². The number of piperidine rings is 1. The fourth-order valence-electron chi connectivity index (χ4n) is 10.1. The molecule has 2 bridgehead atoms. The van der Waals surface area contributed by atoms with Gasteiger partial charge < -0.3 is 19.3 Å². The highest BCUT2D eigenvalue weighted by molar-refractivity contribution is 5.92. The number of aliphatic hydroxyl groups is 1. The summed E-state index contributed by atoms with van der Waals surface area (Å²) in [5.74, 6) is 0.702. The number of likely N-dealkylation sites (N-methyl/N-ethyl adjacent to an activating group) is 1. The summed E-state index contributed by atoms with van der Waals surface area (Å²) in [6, 6.07) is 24.9. The van der Waals surface area contributed by atoms with Crippen LogP contribution in [0.25, 0.3) is 0 Å². The summed E-state index contributed by atoms with van der Waals surface area (Å²) in [7, 11) is 2.05. The van der Waals surface area contributed by atoms with Gasteiger partial charge in [0.05, 0.1) is 22.6 Å². The third-order valence-electron chi connectivity index (χ3n) is 11.8. The van der Waals surface area contributed by atoms with Crippen molar-refractivity contribution >= 4 is 11.9 Å². The number of carbonyl (C=O) groups excluding carboxylic acids is 2. The molecular formula is C35H33NO6. The summed E-state index contributed by atoms with van der Waals surface area (Å²) < 4.78 is 18.0. The molecule has 9 rings (SSSR count). The third kappa shape index (κ3) is 2.75. The minimum Gasteiger partial charge on any atom is -0.477 e. The van der Waals surface area contributed by atoms with Gasteiger partial charge in [-0.25, -0.2) is 4.79 Å². The van der Waals surface area contributed by atoms with E-state index in [1.54, 1.807) is 6.07 Å². The van der Waals surface area contributed by atoms with Gasteiger partial charge in [0.2, 0.25) is 0 Å². The van der Waals surface area contributed by atoms with E-state index in [1.807, 2.05) is 25.2 Å². The Labute approximate surface area is 244 Å². The van der Waals surface area contributed by atoms with E-state index in [-0.39, 0.29) is 34.6 Å². The van der Waals surface area contributed by atoms with E-state index in [4.69, 9.17) is 14.2 Å². The van der Waals surface area contributed by atoms with E-state index in [0.717, 1.165) is 36.8 Å². The zero-order valence-corrected chi connectivity index (χ0v) is 23.5. The molecule has 2 aliphatic heterocycles. The van der Waals surface area contributed by atoms with Gasteiger partial charge in [0, 0.05) is 17.4 Å². The predicted octanol–water partition coefficient (Wildman–Crippen LogP) is 5.15. The number of carbonyl (C=O) groups is 2. The van der Waals surface area contributed by atoms with Crippen molar-refractivity contribution in [2.75, 3.05) is 7.05 Å². The molecular weight excluding hydrogens is 530 g/mol. The Kier molecular flexibility index (Phi) is 4.75. The number of benzene rings is 3. The average Bonchev–Trinajstić information content (AvgIpc) is 3.25. The molecule has 4 fully saturated rings. The summed E-state index contributed by atoms with van der Waals surface area (Å²) >= 11 is 0. The lowest BCUT2D eigenvalue weighted by Gasteiger charge is -2.47. The largest absolute Gasteiger partial charge is 0.514 e. The third-order valence-corrected chi connectivity index (χ3v) is 11.8. The van der Waals surface area contributed by atoms with Gasteiger partial charge in [0.25, 0.3) is 0 Å². The lowest BCUT2D eigenvalue weighted by molar-refractivity contribution is -0.148. The van der Waals surface area contributed by atoms with Gasteiger partial charge in [-0.2, -0.15) is 0 Å². The fourth-order valence-corrected chi connectivity index (χ4v) is 10.1. The molecule has 6 aliphatic rings. The molecule has 2 spiro atoms. The quantitative estimate of drug-likeness (QED) is 0.267. The second-order valence-corrected chi connectivity index (χ2v) is 13.3. The molecule has 3 saturated carbocycles. The van der Waals surface area contributed by atoms with Crippen molar-refractivity contribution in [2.24, 2.45) is 0 Å². The number of fused-ring (bicyclic) bond motifs is 1. The summed E-state index contributed by atoms with van der Waals surface area (Å²) in [6.45, 7) is 0. The van der Waals surface area contributed by atoms with Crippen LogP contribution in [-0.4, -0.2) is 52.8 Å². The van der Waals surface area contributed by atoms with Crippen molar-refractivity contribution in [3.8, 4) is 11.5 Å². The Morgan fingerprint density at radius 1 is 0.952 bits per heavy atom. The van der Waals surface area contributed by atoms with Crippen molar-refractivity contribution in [2.45, 2.75) is 85.2 Å². The zero-order valence-electron chi connectivity index (χ0n) is 23.5. The van der Waals surface area contributed by atoms with Crippen molar-refractivity contribution in [1.29, 1.82) is 0 Å². The van der Waals surface area contributed by atoms with Crippen molar-refractivity contribution in [3.05, 3.63) is 95.1 Å². The molecule has 3 aromatic carbocycles. The number of hydrogen-bond acceptors (Lipinski definition) is 7. The number of nitrogens with zero attached hydrogens (tertiary/aromatic N) is 1. The standard InChI is InChI=1S/C35H33NO6/c1-36-30-34(36)20-33-27-24(34)12-13-26(28(27)42-29(33)25(37)16-19-35(30,33)39)41-31(38)40-23-14-17-32(18-15-23,21-8-4-2-5-9-21)22-10-6-3-7-11-22/h2-13,23,29-30,39H,14-20H2,1H3. The normalized spacial score (nSPS) is 36.1. The number of rotatable bonds is 4. The van der Waals surface area contributed by atoms with E-state index < -0.39 is 23.3 Å². The molecule has 2 heterocycles. The summed E-state index contributed by atoms with van der Waals surface area (Å²) in [6.07, 6.45) is 2.77. The molecule has 0 aromatic heterocycles. The van der Waals surface area contributed by atoms with E-state index in [2.05, 4.69) is 53.4 Å². The van der Waals surface area contributed by atoms with Crippen LogP contribution >= 0.6 is 0 Å². The van der Waals surface area contributed by atoms with Gasteiger partial charge in [-0.1, -0.05) is 66.7 Å². The predicted molar refractivity (Wildman–Crippen MR) is 153 cm³/mol. The fraction of sp³-hybridized carbons (Fsp3) is 0.429. The Hall–Kier alpha value is -3.68. The maximum atomic E-state index is 13.2. The highest BCUT2D eigenvalue weighted by Gasteiger charge is 2.91. The summed E-state index contributed by atoms with van der Waals surface area (Å²) in [4.78, 5) is 28.5. The van der Waals surface area contributed by atoms with Crippen molar-refractivity contribution in [1.82, 2.24) is 4.90 Å². The number of ether oxygens (including phenoxy) is 3. The molecule has 7 heteroatoms. The number of ketones is 1. The Bertz CT molecular complexity index is 1610. The molecule has 1 saturated heterocycles. The van der Waals surface area contributed by atoms with Gasteiger partial charge in [0.1, 0.15) is 6.10 Å². The first-order chi connectivity index (χ1) is 20.3. The SMILES string of the molecule is CN1C2C13CC14c5c3ccc(OC(=O)OC3CCC(c6ccccc6)(c6ccccc6)CC3)c5OC1C(=O)CCC24O. The second kappa shape index (κ2) is 8.03. The minimum absolute atomic E-state index is 0.00965. The molecule has 3 aromatic rings. The highest BCUT2D eigenvalue weighted by atomic mass is 16.7. The van der Waals surface area contributed by atoms with E-state index in [1.165, 1.54) is 11.1 Å². The first kappa shape index (κ1) is 24.9. The van der Waals surface area contributed by atoms with Gasteiger partial charge in [-0.05, 0) is 68.3 Å². The van der Waals surface area contributed by atoms with Gasteiger partial charge in [-0.15, -0.1) is 0 Å². The van der Waals surface area contributed by atoms with Crippen LogP contribution in [0.4, 0.5) is 4.79 Å². The van der Waals surface area contributed by atoms with Crippen molar-refractivity contribution < 1.29 is 28.9 Å². The van der Waals surface area contributed by atoms with Crippen LogP contribution in [0.1, 0.15) is 67.2 Å². The van der Waals surface area contributed by atoms with E-state index >= 15 is 0 Å². The number of Topliss-reactive ketones (excluding diaryl/α,β-unsaturated/α-hetero) is 1. The smallest absolute Gasteiger partial charge is 0.477 e. The maximum absolute atomic E-state index is 13.2. The maximum Gasteiger partial charge on any atom is 0.514 e. The summed E-state index contributed by atoms with van der Waals surface area (Å²) in [5, 5.41) is 12.0. The van der Waals surface area contributed by atoms with Crippen LogP contribution in [-0.2, 0) is 25.9 Å². The number of likely N-dealkylation sites (tertiary alicyclic amines) is 1. The lowest BCUT2D eigenvalue weighted by Crippen LogP contribution is -2.64. The van der Waals surface area contributed by atoms with Crippen LogP contribution in [0.3, 0.4) is 0 Å². The zero-order chi connectivity index (χ0) is 28.5. The Morgan fingerprint density at radius 3 is 2.29 bits per heavy atom. The second-order valence-electron chi connectivity index (χ2n) is 13.3. The molecule has 0 radical (unpaired) electrons. The molecule has 42 heavy (non-hydrogen) atoms. The molecule has 4 aliphatic carbocycles. The van der Waals surface area contributed by atoms with Crippen LogP contribution in [0.2, 0.25) is 0 Å². The van der Waals surface area contributed by atoms with Crippen molar-refractivity contribution in [3.63, 3.8) is 0 Å². The van der Waals surface area contributed by atoms with Crippen LogP contribution < -0.4 is 9.47 Å². The van der Waals surface area contributed by atoms with Gasteiger partial charge in [0.15, 0.2) is 23.4 Å². The molecule has 6 atom stereocenters. The molecule has 214 valence electrons. The first-order valence-corrected chi connectivity index (χ1v) is 15.2. The van der Waals surface area contributed by atoms with Gasteiger partial charge in [-0.3, -0.25) is 9.69 Å². The van der Waals surface area contributed by atoms with E-state index in [9.17, 15) is 14.7 Å². The first-order valence-electron chi connectivity index (χ1n) is 15.2. The lowest BCUT2D eigenvalue weighted by atomic mass is 9.59. The molecule has 6 unspecified atom stereocenters. The van der Waals surface area contributed by atoms with Crippen LogP contribution in [0, 0.1) is 0 Å². The highest BCUT2D eigenvalue weighted by Crippen LogP contribution is 2.81. The minimum atomic E-state index is -1.02. The Morgan fingerprint density at radius 2 is 1.62 bits per heavy atom. The summed E-state index contributed by atoms with van der Waals surface area (Å²) in [5.41, 5.74) is 2.33.